The van der Waals surface area contributed by atoms with E-state index in [9.17, 15) is 8.42 Å². The van der Waals surface area contributed by atoms with E-state index in [4.69, 9.17) is 0 Å². The van der Waals surface area contributed by atoms with Gasteiger partial charge in [0.05, 0.1) is 21.6 Å². The van der Waals surface area contributed by atoms with Crippen LogP contribution in [0.3, 0.4) is 0 Å². The molecule has 4 heteroatoms. The highest BCUT2D eigenvalue weighted by Gasteiger charge is 2.16. The van der Waals surface area contributed by atoms with Crippen molar-refractivity contribution in [2.75, 3.05) is 0 Å². The molecule has 2 atom stereocenters. The minimum absolute atomic E-state index is 0.220. The van der Waals surface area contributed by atoms with Crippen molar-refractivity contribution in [3.05, 3.63) is 70.5 Å². The Balaban J connectivity index is 2.22. The first-order chi connectivity index (χ1) is 9.49. The molecule has 0 N–H and O–H groups in total. The Hall–Kier alpha value is -1.52. The van der Waals surface area contributed by atoms with Gasteiger partial charge in [-0.25, -0.2) is 8.42 Å². The lowest BCUT2D eigenvalue weighted by Gasteiger charge is -2.07. The first kappa shape index (κ1) is 14.9. The zero-order valence-corrected chi connectivity index (χ0v) is 13.1. The van der Waals surface area contributed by atoms with Gasteiger partial charge in [0.15, 0.2) is 0 Å². The van der Waals surface area contributed by atoms with Crippen molar-refractivity contribution in [1.29, 1.82) is 0 Å². The zero-order valence-electron chi connectivity index (χ0n) is 11.5. The van der Waals surface area contributed by atoms with Crippen LogP contribution in [-0.2, 0) is 21.6 Å². The van der Waals surface area contributed by atoms with E-state index in [1.54, 1.807) is 24.3 Å². The molecule has 0 aliphatic heterocycles. The van der Waals surface area contributed by atoms with Crippen molar-refractivity contribution in [2.45, 2.75) is 23.6 Å². The molecule has 20 heavy (non-hydrogen) atoms. The van der Waals surface area contributed by atoms with Crippen LogP contribution in [-0.4, -0.2) is 8.42 Å². The smallest absolute Gasteiger partial charge is 0.105 e. The van der Waals surface area contributed by atoms with Gasteiger partial charge in [-0.2, -0.15) is 0 Å². The molecule has 0 fully saturated rings. The van der Waals surface area contributed by atoms with Gasteiger partial charge in [0.2, 0.25) is 0 Å². The van der Waals surface area contributed by atoms with E-state index in [2.05, 4.69) is 6.58 Å². The molecule has 0 radical (unpaired) electrons. The van der Waals surface area contributed by atoms with Gasteiger partial charge >= 0.3 is 0 Å². The van der Waals surface area contributed by atoms with E-state index in [-0.39, 0.29) is 4.24 Å². The van der Waals surface area contributed by atoms with E-state index in [0.29, 0.717) is 9.79 Å². The normalized spacial score (nSPS) is 13.7. The Bertz CT molecular complexity index is 611. The Labute approximate surface area is 124 Å². The van der Waals surface area contributed by atoms with Crippen LogP contribution in [0.15, 0.2) is 69.1 Å². The van der Waals surface area contributed by atoms with Crippen LogP contribution >= 0.6 is 0 Å². The number of hydrogen-bond donors (Lipinski definition) is 0. The largest absolute Gasteiger partial charge is 0.248 e. The minimum Gasteiger partial charge on any atom is -0.248 e. The van der Waals surface area contributed by atoms with Crippen LogP contribution in [0.4, 0.5) is 0 Å². The zero-order chi connectivity index (χ0) is 14.7. The van der Waals surface area contributed by atoms with Crippen molar-refractivity contribution in [3.63, 3.8) is 0 Å². The summed E-state index contributed by atoms with van der Waals surface area (Å²) in [5, 5.41) is 0. The van der Waals surface area contributed by atoms with Crippen molar-refractivity contribution < 1.29 is 8.42 Å². The summed E-state index contributed by atoms with van der Waals surface area (Å²) in [5.74, 6) is 0. The molecule has 0 spiro atoms. The predicted octanol–water partition coefficient (Wildman–Crippen LogP) is 3.69. The van der Waals surface area contributed by atoms with Crippen LogP contribution in [0.5, 0.6) is 0 Å². The van der Waals surface area contributed by atoms with Crippen molar-refractivity contribution in [3.8, 4) is 0 Å². The summed E-state index contributed by atoms with van der Waals surface area (Å²) in [5.41, 5.74) is 2.19. The minimum atomic E-state index is -1.47. The topological polar surface area (TPSA) is 34.1 Å². The van der Waals surface area contributed by atoms with Gasteiger partial charge in [-0.1, -0.05) is 42.0 Å². The van der Waals surface area contributed by atoms with Crippen molar-refractivity contribution in [1.82, 2.24) is 0 Å². The molecule has 0 amide bonds. The lowest BCUT2D eigenvalue weighted by molar-refractivity contribution is 0.683. The first-order valence-corrected chi connectivity index (χ1v) is 8.45. The first-order valence-electron chi connectivity index (χ1n) is 6.15. The van der Waals surface area contributed by atoms with E-state index >= 15 is 0 Å². The molecule has 0 saturated heterocycles. The van der Waals surface area contributed by atoms with Gasteiger partial charge < -0.3 is 0 Å². The molecule has 0 unspecified atom stereocenters. The Kier molecular flexibility index (Phi) is 4.68. The summed E-state index contributed by atoms with van der Waals surface area (Å²) < 4.78 is 24.9. The van der Waals surface area contributed by atoms with Gasteiger partial charge in [0.1, 0.15) is 4.24 Å². The number of hydrogen-bond acceptors (Lipinski definition) is 2. The third kappa shape index (κ3) is 3.32. The molecule has 2 nitrogen and oxygen atoms in total. The maximum Gasteiger partial charge on any atom is 0.105 e. The predicted molar refractivity (Wildman–Crippen MR) is 84.3 cm³/mol. The summed E-state index contributed by atoms with van der Waals surface area (Å²) in [6.45, 7) is 7.68. The molecular formula is C16H16O2S2. The van der Waals surface area contributed by atoms with Gasteiger partial charge in [-0.05, 0) is 38.1 Å². The van der Waals surface area contributed by atoms with E-state index in [0.717, 1.165) is 11.1 Å². The summed E-state index contributed by atoms with van der Waals surface area (Å²) in [6, 6.07) is 14.7. The monoisotopic (exact) mass is 304 g/mol. The fraction of sp³-hybridized carbons (Fsp3) is 0.125. The number of aryl methyl sites for hydroxylation is 2. The second-order valence-electron chi connectivity index (χ2n) is 4.54. The third-order valence-corrected chi connectivity index (χ3v) is 6.02. The molecule has 0 aliphatic rings. The van der Waals surface area contributed by atoms with Gasteiger partial charge in [0.25, 0.3) is 0 Å². The quantitative estimate of drug-likeness (QED) is 0.863. The van der Waals surface area contributed by atoms with Crippen molar-refractivity contribution in [2.24, 2.45) is 0 Å². The highest BCUT2D eigenvalue weighted by molar-refractivity contribution is 8.08. The number of rotatable bonds is 4. The molecule has 0 heterocycles. The average Bonchev–Trinajstić information content (AvgIpc) is 2.46. The van der Waals surface area contributed by atoms with Gasteiger partial charge in [-0.15, -0.1) is 0 Å². The maximum absolute atomic E-state index is 12.4. The average molecular weight is 304 g/mol. The fourth-order valence-corrected chi connectivity index (χ4v) is 4.07. The number of benzene rings is 2. The third-order valence-electron chi connectivity index (χ3n) is 2.88. The van der Waals surface area contributed by atoms with Gasteiger partial charge in [-0.3, -0.25) is 0 Å². The molecular weight excluding hydrogens is 288 g/mol. The molecule has 0 aromatic heterocycles. The molecule has 2 aromatic carbocycles. The van der Waals surface area contributed by atoms with Crippen LogP contribution < -0.4 is 0 Å². The fourth-order valence-electron chi connectivity index (χ4n) is 1.66. The lowest BCUT2D eigenvalue weighted by atomic mass is 10.2. The summed E-state index contributed by atoms with van der Waals surface area (Å²) in [4.78, 5) is 1.25. The molecule has 2 rings (SSSR count). The van der Waals surface area contributed by atoms with E-state index < -0.39 is 21.6 Å². The second-order valence-corrected chi connectivity index (χ2v) is 7.80. The Morgan fingerprint density at radius 1 is 0.750 bits per heavy atom. The van der Waals surface area contributed by atoms with Gasteiger partial charge in [0, 0.05) is 9.79 Å². The highest BCUT2D eigenvalue weighted by Crippen LogP contribution is 2.21. The Morgan fingerprint density at radius 2 is 1.05 bits per heavy atom. The van der Waals surface area contributed by atoms with E-state index in [1.165, 1.54) is 0 Å². The SMILES string of the molecule is C=C([S@@](=O)c1ccc(C)cc1)[S@@](=O)c1ccc(C)cc1. The molecule has 104 valence electrons. The standard InChI is InChI=1S/C16H16O2S2/c1-12-4-8-15(9-5-12)19(17)14(3)20(18)16-10-6-13(2)7-11-16/h4-11H,3H2,1-2H3/t19-,20-/m1/s1. The van der Waals surface area contributed by atoms with Crippen LogP contribution in [0.1, 0.15) is 11.1 Å². The summed E-state index contributed by atoms with van der Waals surface area (Å²) >= 11 is 0. The maximum atomic E-state index is 12.4. The summed E-state index contributed by atoms with van der Waals surface area (Å²) in [6.07, 6.45) is 0. The molecule has 0 saturated carbocycles. The van der Waals surface area contributed by atoms with Crippen LogP contribution in [0, 0.1) is 13.8 Å². The second kappa shape index (κ2) is 6.29. The van der Waals surface area contributed by atoms with Crippen LogP contribution in [0.2, 0.25) is 0 Å². The van der Waals surface area contributed by atoms with Crippen LogP contribution in [0.25, 0.3) is 0 Å². The molecule has 0 aliphatic carbocycles. The van der Waals surface area contributed by atoms with E-state index in [1.807, 2.05) is 38.1 Å². The summed E-state index contributed by atoms with van der Waals surface area (Å²) in [7, 11) is -2.93. The highest BCUT2D eigenvalue weighted by atomic mass is 32.2. The lowest BCUT2D eigenvalue weighted by Crippen LogP contribution is -2.02. The molecule has 2 aromatic rings. The molecule has 0 bridgehead atoms. The Morgan fingerprint density at radius 3 is 1.35 bits per heavy atom. The van der Waals surface area contributed by atoms with Crippen molar-refractivity contribution >= 4 is 21.6 Å².